The van der Waals surface area contributed by atoms with Crippen LogP contribution in [0.25, 0.3) is 0 Å². The summed E-state index contributed by atoms with van der Waals surface area (Å²) in [5, 5.41) is 0. The first-order valence-electron chi connectivity index (χ1n) is 3.93. The van der Waals surface area contributed by atoms with Gasteiger partial charge in [0.25, 0.3) is 0 Å². The van der Waals surface area contributed by atoms with Crippen LogP contribution in [0.15, 0.2) is 0 Å². The minimum Gasteiger partial charge on any atom is -0.468 e. The molecule has 11 heavy (non-hydrogen) atoms. The number of hydrogen-bond donors (Lipinski definition) is 0. The lowest BCUT2D eigenvalue weighted by molar-refractivity contribution is -0.145. The van der Waals surface area contributed by atoms with Crippen LogP contribution in [0.3, 0.4) is 0 Å². The minimum atomic E-state index is -0.100. The van der Waals surface area contributed by atoms with Crippen molar-refractivity contribution in [2.45, 2.75) is 19.4 Å². The molecule has 0 aromatic heterocycles. The third kappa shape index (κ3) is 1.71. The molecular formula is C8H15NO2. The van der Waals surface area contributed by atoms with Crippen molar-refractivity contribution < 1.29 is 9.53 Å². The lowest BCUT2D eigenvalue weighted by Gasteiger charge is -2.15. The van der Waals surface area contributed by atoms with Crippen LogP contribution in [0.2, 0.25) is 0 Å². The summed E-state index contributed by atoms with van der Waals surface area (Å²) in [4.78, 5) is 13.2. The molecule has 0 aromatic carbocycles. The smallest absolute Gasteiger partial charge is 0.323 e. The van der Waals surface area contributed by atoms with Crippen LogP contribution < -0.4 is 0 Å². The van der Waals surface area contributed by atoms with Gasteiger partial charge in [-0.25, -0.2) is 0 Å². The third-order valence-corrected chi connectivity index (χ3v) is 2.23. The molecule has 64 valence electrons. The zero-order chi connectivity index (χ0) is 8.43. The van der Waals surface area contributed by atoms with Gasteiger partial charge in [0.15, 0.2) is 0 Å². The normalized spacial score (nSPS) is 32.3. The number of carbonyl (C=O) groups is 1. The standard InChI is InChI=1S/C8H15NO2/c1-6-4-7(8(10)11-3)9(2)5-6/h6-7H,4-5H2,1-3H3/t6-,7+/m1/s1. The zero-order valence-electron chi connectivity index (χ0n) is 7.33. The first-order valence-corrected chi connectivity index (χ1v) is 3.93. The predicted octanol–water partition coefficient (Wildman–Crippen LogP) is 0.500. The Kier molecular flexibility index (Phi) is 2.49. The summed E-state index contributed by atoms with van der Waals surface area (Å²) in [6.07, 6.45) is 0.934. The largest absolute Gasteiger partial charge is 0.468 e. The molecule has 0 bridgehead atoms. The maximum atomic E-state index is 11.1. The van der Waals surface area contributed by atoms with E-state index in [9.17, 15) is 4.79 Å². The molecule has 1 fully saturated rings. The molecule has 0 radical (unpaired) electrons. The Morgan fingerprint density at radius 2 is 2.27 bits per heavy atom. The highest BCUT2D eigenvalue weighted by Gasteiger charge is 2.32. The van der Waals surface area contributed by atoms with Crippen LogP contribution in [-0.2, 0) is 9.53 Å². The molecule has 0 aliphatic carbocycles. The van der Waals surface area contributed by atoms with Crippen LogP contribution in [0.5, 0.6) is 0 Å². The Morgan fingerprint density at radius 3 is 2.64 bits per heavy atom. The summed E-state index contributed by atoms with van der Waals surface area (Å²) >= 11 is 0. The molecule has 0 aromatic rings. The quantitative estimate of drug-likeness (QED) is 0.519. The summed E-state index contributed by atoms with van der Waals surface area (Å²) in [7, 11) is 3.41. The highest BCUT2D eigenvalue weighted by molar-refractivity contribution is 5.75. The van der Waals surface area contributed by atoms with Crippen LogP contribution in [-0.4, -0.2) is 37.6 Å². The molecular weight excluding hydrogens is 142 g/mol. The molecule has 0 spiro atoms. The summed E-state index contributed by atoms with van der Waals surface area (Å²) in [5.74, 6) is 0.515. The lowest BCUT2D eigenvalue weighted by Crippen LogP contribution is -2.33. The van der Waals surface area contributed by atoms with Crippen LogP contribution in [0.4, 0.5) is 0 Å². The fraction of sp³-hybridized carbons (Fsp3) is 0.875. The Bertz CT molecular complexity index is 158. The predicted molar refractivity (Wildman–Crippen MR) is 42.2 cm³/mol. The molecule has 1 rings (SSSR count). The maximum Gasteiger partial charge on any atom is 0.323 e. The number of hydrogen-bond acceptors (Lipinski definition) is 3. The van der Waals surface area contributed by atoms with E-state index in [4.69, 9.17) is 0 Å². The number of rotatable bonds is 1. The van der Waals surface area contributed by atoms with E-state index in [1.165, 1.54) is 7.11 Å². The van der Waals surface area contributed by atoms with Gasteiger partial charge in [-0.15, -0.1) is 0 Å². The summed E-state index contributed by atoms with van der Waals surface area (Å²) in [5.41, 5.74) is 0. The zero-order valence-corrected chi connectivity index (χ0v) is 7.33. The second-order valence-electron chi connectivity index (χ2n) is 3.32. The molecule has 0 unspecified atom stereocenters. The molecule has 1 aliphatic heterocycles. The average Bonchev–Trinajstić information content (AvgIpc) is 2.28. The van der Waals surface area contributed by atoms with Gasteiger partial charge in [-0.2, -0.15) is 0 Å². The number of nitrogens with zero attached hydrogens (tertiary/aromatic N) is 1. The number of carbonyl (C=O) groups excluding carboxylic acids is 1. The van der Waals surface area contributed by atoms with E-state index in [1.54, 1.807) is 0 Å². The number of esters is 1. The molecule has 1 heterocycles. The number of likely N-dealkylation sites (tertiary alicyclic amines) is 1. The van der Waals surface area contributed by atoms with Crippen molar-refractivity contribution in [1.82, 2.24) is 4.90 Å². The summed E-state index contributed by atoms with van der Waals surface area (Å²) in [6.45, 7) is 3.15. The summed E-state index contributed by atoms with van der Waals surface area (Å²) < 4.78 is 4.67. The highest BCUT2D eigenvalue weighted by atomic mass is 16.5. The number of ether oxygens (including phenoxy) is 1. The van der Waals surface area contributed by atoms with Crippen molar-refractivity contribution in [2.75, 3.05) is 20.7 Å². The van der Waals surface area contributed by atoms with Gasteiger partial charge < -0.3 is 4.74 Å². The number of likely N-dealkylation sites (N-methyl/N-ethyl adjacent to an activating group) is 1. The molecule has 1 aliphatic rings. The van der Waals surface area contributed by atoms with Crippen LogP contribution >= 0.6 is 0 Å². The van der Waals surface area contributed by atoms with Crippen molar-refractivity contribution in [3.05, 3.63) is 0 Å². The molecule has 3 heteroatoms. The van der Waals surface area contributed by atoms with E-state index in [0.717, 1.165) is 13.0 Å². The van der Waals surface area contributed by atoms with Gasteiger partial charge in [-0.1, -0.05) is 6.92 Å². The fourth-order valence-electron chi connectivity index (χ4n) is 1.67. The van der Waals surface area contributed by atoms with E-state index < -0.39 is 0 Å². The van der Waals surface area contributed by atoms with Crippen molar-refractivity contribution >= 4 is 5.97 Å². The first-order chi connectivity index (χ1) is 5.15. The van der Waals surface area contributed by atoms with Gasteiger partial charge in [0, 0.05) is 6.54 Å². The van der Waals surface area contributed by atoms with Gasteiger partial charge in [0.2, 0.25) is 0 Å². The van der Waals surface area contributed by atoms with Gasteiger partial charge in [-0.3, -0.25) is 9.69 Å². The van der Waals surface area contributed by atoms with Crippen molar-refractivity contribution in [3.8, 4) is 0 Å². The Hall–Kier alpha value is -0.570. The molecule has 3 nitrogen and oxygen atoms in total. The Morgan fingerprint density at radius 1 is 1.64 bits per heavy atom. The molecule has 1 saturated heterocycles. The highest BCUT2D eigenvalue weighted by Crippen LogP contribution is 2.21. The molecule has 2 atom stereocenters. The van der Waals surface area contributed by atoms with Crippen molar-refractivity contribution in [1.29, 1.82) is 0 Å². The van der Waals surface area contributed by atoms with Crippen LogP contribution in [0, 0.1) is 5.92 Å². The SMILES string of the molecule is COC(=O)[C@@H]1C[C@@H](C)CN1C. The molecule has 0 saturated carbocycles. The summed E-state index contributed by atoms with van der Waals surface area (Å²) in [6, 6.07) is -0.00463. The monoisotopic (exact) mass is 157 g/mol. The van der Waals surface area contributed by atoms with E-state index in [2.05, 4.69) is 16.6 Å². The van der Waals surface area contributed by atoms with E-state index in [1.807, 2.05) is 7.05 Å². The van der Waals surface area contributed by atoms with Crippen molar-refractivity contribution in [2.24, 2.45) is 5.92 Å². The lowest BCUT2D eigenvalue weighted by atomic mass is 10.1. The minimum absolute atomic E-state index is 0.00463. The van der Waals surface area contributed by atoms with Gasteiger partial charge in [0.1, 0.15) is 6.04 Å². The first kappa shape index (κ1) is 8.53. The second-order valence-corrected chi connectivity index (χ2v) is 3.32. The third-order valence-electron chi connectivity index (χ3n) is 2.23. The van der Waals surface area contributed by atoms with E-state index in [0.29, 0.717) is 5.92 Å². The Balaban J connectivity index is 2.52. The van der Waals surface area contributed by atoms with Gasteiger partial charge >= 0.3 is 5.97 Å². The Labute approximate surface area is 67.3 Å². The molecule has 0 amide bonds. The number of methoxy groups -OCH3 is 1. The van der Waals surface area contributed by atoms with Crippen molar-refractivity contribution in [3.63, 3.8) is 0 Å². The van der Waals surface area contributed by atoms with E-state index >= 15 is 0 Å². The molecule has 0 N–H and O–H groups in total. The average molecular weight is 157 g/mol. The van der Waals surface area contributed by atoms with E-state index in [-0.39, 0.29) is 12.0 Å². The van der Waals surface area contributed by atoms with Gasteiger partial charge in [0.05, 0.1) is 7.11 Å². The van der Waals surface area contributed by atoms with Crippen LogP contribution in [0.1, 0.15) is 13.3 Å². The fourth-order valence-corrected chi connectivity index (χ4v) is 1.67. The van der Waals surface area contributed by atoms with Gasteiger partial charge in [-0.05, 0) is 19.4 Å². The topological polar surface area (TPSA) is 29.5 Å². The second kappa shape index (κ2) is 3.22. The maximum absolute atomic E-state index is 11.1.